The molecule has 12 nitrogen and oxygen atoms in total. The van der Waals surface area contributed by atoms with E-state index in [1.54, 1.807) is 0 Å². The summed E-state index contributed by atoms with van der Waals surface area (Å²) in [5.41, 5.74) is 7.40. The number of aryl methyl sites for hydroxylation is 2. The molecule has 0 aliphatic carbocycles. The maximum atomic E-state index is 14.0. The highest BCUT2D eigenvalue weighted by molar-refractivity contribution is 6.13. The van der Waals surface area contributed by atoms with Crippen LogP contribution in [0, 0.1) is 20.8 Å². The van der Waals surface area contributed by atoms with Gasteiger partial charge in [0.25, 0.3) is 23.3 Å². The van der Waals surface area contributed by atoms with Crippen molar-refractivity contribution in [2.75, 3.05) is 57.4 Å². The molecule has 0 bridgehead atoms. The average molecular weight is 723 g/mol. The zero-order valence-electron chi connectivity index (χ0n) is 31.2. The number of aromatic amines is 1. The third kappa shape index (κ3) is 8.77. The van der Waals surface area contributed by atoms with Crippen molar-refractivity contribution in [3.05, 3.63) is 98.5 Å². The van der Waals surface area contributed by atoms with E-state index in [-0.39, 0.29) is 54.7 Å². The lowest BCUT2D eigenvalue weighted by atomic mass is 9.94. The van der Waals surface area contributed by atoms with Crippen molar-refractivity contribution in [2.45, 2.75) is 66.1 Å². The number of carbonyl (C=O) groups is 4. The average Bonchev–Trinajstić information content (AvgIpc) is 3.47. The van der Waals surface area contributed by atoms with Crippen molar-refractivity contribution in [1.82, 2.24) is 25.0 Å². The van der Waals surface area contributed by atoms with Gasteiger partial charge in [-0.15, -0.1) is 0 Å². The Hall–Kier alpha value is -5.07. The highest BCUT2D eigenvalue weighted by Gasteiger charge is 2.30. The Kier molecular flexibility index (Phi) is 11.9. The van der Waals surface area contributed by atoms with Gasteiger partial charge in [0.1, 0.15) is 0 Å². The predicted octanol–water partition coefficient (Wildman–Crippen LogP) is 3.86. The van der Waals surface area contributed by atoms with Crippen LogP contribution in [0.2, 0.25) is 0 Å². The van der Waals surface area contributed by atoms with Crippen LogP contribution in [0.1, 0.15) is 64.5 Å². The number of rotatable bonds is 12. The largest absolute Gasteiger partial charge is 0.379 e. The Labute approximate surface area is 310 Å². The van der Waals surface area contributed by atoms with Gasteiger partial charge in [0.2, 0.25) is 5.91 Å². The summed E-state index contributed by atoms with van der Waals surface area (Å²) in [7, 11) is 0. The number of amides is 4. The molecule has 3 aliphatic heterocycles. The van der Waals surface area contributed by atoms with Crippen molar-refractivity contribution in [3.8, 4) is 11.1 Å². The maximum Gasteiger partial charge on any atom is 0.253 e. The number of hydrogen-bond acceptors (Lipinski definition) is 8. The minimum Gasteiger partial charge on any atom is -0.379 e. The molecule has 6 rings (SSSR count). The lowest BCUT2D eigenvalue weighted by molar-refractivity contribution is -0.138. The van der Waals surface area contributed by atoms with Crippen LogP contribution in [0.3, 0.4) is 0 Å². The molecule has 3 aliphatic rings. The number of nitrogens with one attached hydrogen (secondary N) is 2. The molecule has 0 radical (unpaired) electrons. The molecule has 4 heterocycles. The molecule has 2 N–H and O–H groups in total. The van der Waals surface area contributed by atoms with Gasteiger partial charge in [-0.3, -0.25) is 33.8 Å². The first kappa shape index (κ1) is 37.7. The highest BCUT2D eigenvalue weighted by Crippen LogP contribution is 2.34. The van der Waals surface area contributed by atoms with E-state index in [4.69, 9.17) is 4.74 Å². The topological polar surface area (TPSA) is 135 Å². The Bertz CT molecular complexity index is 1920. The van der Waals surface area contributed by atoms with Gasteiger partial charge in [0.15, 0.2) is 0 Å². The molecule has 0 atom stereocenters. The normalized spacial score (nSPS) is 16.8. The second kappa shape index (κ2) is 16.7. The number of imide groups is 1. The molecule has 1 aromatic heterocycles. The first-order chi connectivity index (χ1) is 25.5. The summed E-state index contributed by atoms with van der Waals surface area (Å²) in [5, 5.41) is 3.02. The lowest BCUT2D eigenvalue weighted by Crippen LogP contribution is -2.47. The van der Waals surface area contributed by atoms with Gasteiger partial charge < -0.3 is 24.8 Å². The van der Waals surface area contributed by atoms with Crippen molar-refractivity contribution in [1.29, 1.82) is 0 Å². The number of H-pyrrole nitrogens is 1. The SMILES string of the molecule is CCN(c1cc(-c2ccc(CN3CCOCC3)cc2)cc(C(=O)NCc2c(C)cc(C)[nH]c2=O)c1C)C1CCN(C(=O)CCN2C(=O)C=CC2=O)CC1. The number of morpholine rings is 1. The van der Waals surface area contributed by atoms with Gasteiger partial charge in [-0.25, -0.2) is 0 Å². The summed E-state index contributed by atoms with van der Waals surface area (Å²) in [6.07, 6.45) is 4.04. The Morgan fingerprint density at radius 2 is 1.58 bits per heavy atom. The monoisotopic (exact) mass is 722 g/mol. The van der Waals surface area contributed by atoms with Crippen LogP contribution in [0.5, 0.6) is 0 Å². The van der Waals surface area contributed by atoms with E-state index in [0.29, 0.717) is 30.8 Å². The molecule has 3 aromatic rings. The molecule has 280 valence electrons. The van der Waals surface area contributed by atoms with E-state index in [1.807, 2.05) is 37.8 Å². The number of carbonyl (C=O) groups excluding carboxylic acids is 4. The molecule has 4 amide bonds. The number of anilines is 1. The fourth-order valence-corrected chi connectivity index (χ4v) is 7.65. The molecule has 53 heavy (non-hydrogen) atoms. The van der Waals surface area contributed by atoms with Gasteiger partial charge in [0, 0.05) is 99.5 Å². The first-order valence-electron chi connectivity index (χ1n) is 18.6. The lowest BCUT2D eigenvalue weighted by Gasteiger charge is -2.40. The van der Waals surface area contributed by atoms with Crippen LogP contribution in [-0.2, 0) is 32.2 Å². The van der Waals surface area contributed by atoms with E-state index in [9.17, 15) is 24.0 Å². The summed E-state index contributed by atoms with van der Waals surface area (Å²) in [5.74, 6) is -1.09. The Morgan fingerprint density at radius 1 is 0.906 bits per heavy atom. The Morgan fingerprint density at radius 3 is 2.23 bits per heavy atom. The number of ether oxygens (including phenoxy) is 1. The quantitative estimate of drug-likeness (QED) is 0.269. The molecule has 0 unspecified atom stereocenters. The van der Waals surface area contributed by atoms with E-state index >= 15 is 0 Å². The number of hydrogen-bond donors (Lipinski definition) is 2. The maximum absolute atomic E-state index is 14.0. The molecule has 2 fully saturated rings. The van der Waals surface area contributed by atoms with E-state index in [2.05, 4.69) is 57.4 Å². The number of pyridine rings is 1. The molecule has 0 spiro atoms. The zero-order valence-corrected chi connectivity index (χ0v) is 31.2. The second-order valence-electron chi connectivity index (χ2n) is 14.2. The summed E-state index contributed by atoms with van der Waals surface area (Å²) in [6.45, 7) is 14.0. The fourth-order valence-electron chi connectivity index (χ4n) is 7.65. The third-order valence-corrected chi connectivity index (χ3v) is 10.7. The van der Waals surface area contributed by atoms with Crippen molar-refractivity contribution < 1.29 is 23.9 Å². The first-order valence-corrected chi connectivity index (χ1v) is 18.6. The standard InChI is InChI=1S/C41H50N6O6/c1-5-46(33-12-15-45(16-13-33)37(48)14-17-47-38(49)10-11-39(47)50)36-24-32(31-8-6-30(7-9-31)26-44-18-20-53-21-19-44)23-34(29(36)4)40(51)42-25-35-27(2)22-28(3)43-41(35)52/h6-11,22-24,33H,5,12-21,25-26H2,1-4H3,(H,42,51)(H,43,52). The number of benzene rings is 2. The highest BCUT2D eigenvalue weighted by atomic mass is 16.5. The van der Waals surface area contributed by atoms with Crippen molar-refractivity contribution >= 4 is 29.3 Å². The molecular weight excluding hydrogens is 672 g/mol. The fraction of sp³-hybridized carbons (Fsp3) is 0.439. The van der Waals surface area contributed by atoms with Gasteiger partial charge in [-0.1, -0.05) is 24.3 Å². The van der Waals surface area contributed by atoms with E-state index in [1.165, 1.54) is 17.7 Å². The van der Waals surface area contributed by atoms with Crippen molar-refractivity contribution in [2.24, 2.45) is 0 Å². The number of piperidine rings is 1. The second-order valence-corrected chi connectivity index (χ2v) is 14.2. The minimum absolute atomic E-state index is 0.0733. The van der Waals surface area contributed by atoms with Gasteiger partial charge in [-0.05, 0) is 86.6 Å². The van der Waals surface area contributed by atoms with Crippen LogP contribution < -0.4 is 15.8 Å². The van der Waals surface area contributed by atoms with Crippen LogP contribution >= 0.6 is 0 Å². The predicted molar refractivity (Wildman–Crippen MR) is 204 cm³/mol. The number of nitrogens with zero attached hydrogens (tertiary/aromatic N) is 4. The van der Waals surface area contributed by atoms with Gasteiger partial charge >= 0.3 is 0 Å². The molecule has 12 heteroatoms. The summed E-state index contributed by atoms with van der Waals surface area (Å²) in [4.78, 5) is 74.2. The van der Waals surface area contributed by atoms with Gasteiger partial charge in [0.05, 0.1) is 13.2 Å². The number of likely N-dealkylation sites (tertiary alicyclic amines) is 1. The molecular formula is C41H50N6O6. The van der Waals surface area contributed by atoms with Gasteiger partial charge in [-0.2, -0.15) is 0 Å². The van der Waals surface area contributed by atoms with E-state index < -0.39 is 0 Å². The molecule has 0 saturated carbocycles. The minimum atomic E-state index is -0.381. The van der Waals surface area contributed by atoms with Crippen LogP contribution in [0.4, 0.5) is 5.69 Å². The summed E-state index contributed by atoms with van der Waals surface area (Å²) in [6, 6.07) is 14.7. The molecule has 2 aromatic carbocycles. The third-order valence-electron chi connectivity index (χ3n) is 10.7. The summed E-state index contributed by atoms with van der Waals surface area (Å²) >= 11 is 0. The van der Waals surface area contributed by atoms with Crippen LogP contribution in [0.15, 0.2) is 59.4 Å². The zero-order chi connectivity index (χ0) is 37.6. The number of aromatic nitrogens is 1. The molecule has 2 saturated heterocycles. The summed E-state index contributed by atoms with van der Waals surface area (Å²) < 4.78 is 5.51. The van der Waals surface area contributed by atoms with E-state index in [0.717, 1.165) is 84.2 Å². The van der Waals surface area contributed by atoms with Crippen LogP contribution in [-0.4, -0.2) is 102 Å². The van der Waals surface area contributed by atoms with Crippen LogP contribution in [0.25, 0.3) is 11.1 Å². The Balaban J connectivity index is 1.22. The smallest absolute Gasteiger partial charge is 0.253 e. The van der Waals surface area contributed by atoms with Crippen molar-refractivity contribution in [3.63, 3.8) is 0 Å².